The Balaban J connectivity index is 2.20. The number of benzene rings is 1. The Kier molecular flexibility index (Phi) is 4.21. The largest absolute Gasteiger partial charge is 0.480 e. The Morgan fingerprint density at radius 1 is 1.25 bits per heavy atom. The van der Waals surface area contributed by atoms with Gasteiger partial charge in [0.25, 0.3) is 0 Å². The van der Waals surface area contributed by atoms with Gasteiger partial charge in [0, 0.05) is 15.6 Å². The molecule has 1 aromatic heterocycles. The fourth-order valence-corrected chi connectivity index (χ4v) is 1.87. The van der Waals surface area contributed by atoms with E-state index in [1.54, 1.807) is 12.1 Å². The maximum Gasteiger partial charge on any atom is 0.322 e. The van der Waals surface area contributed by atoms with Crippen LogP contribution in [0.2, 0.25) is 10.0 Å². The van der Waals surface area contributed by atoms with Crippen molar-refractivity contribution in [3.63, 3.8) is 0 Å². The summed E-state index contributed by atoms with van der Waals surface area (Å²) in [6.07, 6.45) is 0. The fraction of sp³-hybridized carbons (Fsp3) is 0.0909. The van der Waals surface area contributed by atoms with Crippen LogP contribution in [0.5, 0.6) is 0 Å². The zero-order chi connectivity index (χ0) is 14.7. The predicted octanol–water partition coefficient (Wildman–Crippen LogP) is 1.86. The molecular formula is C11H7Cl2N3O4. The fourth-order valence-electron chi connectivity index (χ4n) is 1.35. The van der Waals surface area contributed by atoms with Crippen LogP contribution in [0.1, 0.15) is 10.7 Å². The Morgan fingerprint density at radius 3 is 2.50 bits per heavy atom. The second-order valence-corrected chi connectivity index (χ2v) is 4.53. The molecule has 2 N–H and O–H groups in total. The van der Waals surface area contributed by atoms with Gasteiger partial charge in [-0.25, -0.2) is 0 Å². The molecular weight excluding hydrogens is 309 g/mol. The third kappa shape index (κ3) is 3.46. The second kappa shape index (κ2) is 5.89. The minimum atomic E-state index is -1.18. The van der Waals surface area contributed by atoms with Crippen LogP contribution in [0.3, 0.4) is 0 Å². The summed E-state index contributed by atoms with van der Waals surface area (Å²) in [4.78, 5) is 25.7. The highest BCUT2D eigenvalue weighted by Crippen LogP contribution is 2.25. The Morgan fingerprint density at radius 2 is 1.90 bits per heavy atom. The lowest BCUT2D eigenvalue weighted by atomic mass is 10.2. The van der Waals surface area contributed by atoms with Crippen LogP contribution in [-0.4, -0.2) is 33.7 Å². The van der Waals surface area contributed by atoms with Crippen molar-refractivity contribution in [1.29, 1.82) is 0 Å². The van der Waals surface area contributed by atoms with Crippen LogP contribution in [0.4, 0.5) is 0 Å². The molecule has 2 rings (SSSR count). The average Bonchev–Trinajstić information content (AvgIpc) is 2.84. The van der Waals surface area contributed by atoms with Gasteiger partial charge in [0.1, 0.15) is 6.54 Å². The topological polar surface area (TPSA) is 105 Å². The lowest BCUT2D eigenvalue weighted by Crippen LogP contribution is -2.29. The zero-order valence-corrected chi connectivity index (χ0v) is 11.3. The molecule has 0 fully saturated rings. The number of hydrogen-bond acceptors (Lipinski definition) is 5. The van der Waals surface area contributed by atoms with Gasteiger partial charge >= 0.3 is 17.8 Å². The number of nitrogens with zero attached hydrogens (tertiary/aromatic N) is 2. The van der Waals surface area contributed by atoms with Crippen molar-refractivity contribution in [2.75, 3.05) is 6.54 Å². The van der Waals surface area contributed by atoms with E-state index in [4.69, 9.17) is 32.8 Å². The van der Waals surface area contributed by atoms with Gasteiger partial charge in [0.05, 0.1) is 0 Å². The molecule has 0 saturated carbocycles. The van der Waals surface area contributed by atoms with E-state index >= 15 is 0 Å². The van der Waals surface area contributed by atoms with Crippen molar-refractivity contribution < 1.29 is 19.2 Å². The van der Waals surface area contributed by atoms with E-state index < -0.39 is 18.4 Å². The normalized spacial score (nSPS) is 10.3. The average molecular weight is 316 g/mol. The Bertz CT molecular complexity index is 651. The Hall–Kier alpha value is -2.12. The first-order valence-corrected chi connectivity index (χ1v) is 6.01. The minimum absolute atomic E-state index is 0.120. The van der Waals surface area contributed by atoms with Gasteiger partial charge in [-0.15, -0.1) is 0 Å². The third-order valence-electron chi connectivity index (χ3n) is 2.14. The van der Waals surface area contributed by atoms with Crippen molar-refractivity contribution >= 4 is 35.1 Å². The van der Waals surface area contributed by atoms with Gasteiger partial charge in [0.15, 0.2) is 0 Å². The van der Waals surface area contributed by atoms with E-state index in [-0.39, 0.29) is 11.7 Å². The summed E-state index contributed by atoms with van der Waals surface area (Å²) in [5.41, 5.74) is 0.475. The third-order valence-corrected chi connectivity index (χ3v) is 2.58. The molecule has 7 nitrogen and oxygen atoms in total. The molecule has 0 unspecified atom stereocenters. The molecule has 1 heterocycles. The van der Waals surface area contributed by atoms with Crippen molar-refractivity contribution in [3.05, 3.63) is 34.1 Å². The number of hydrogen-bond donors (Lipinski definition) is 2. The smallest absolute Gasteiger partial charge is 0.322 e. The molecule has 0 atom stereocenters. The first-order valence-electron chi connectivity index (χ1n) is 5.26. The van der Waals surface area contributed by atoms with Gasteiger partial charge in [-0.3, -0.25) is 9.59 Å². The van der Waals surface area contributed by atoms with E-state index in [0.29, 0.717) is 15.6 Å². The van der Waals surface area contributed by atoms with E-state index in [1.807, 2.05) is 0 Å². The van der Waals surface area contributed by atoms with E-state index in [9.17, 15) is 9.59 Å². The standard InChI is InChI=1S/C11H7Cl2N3O4/c12-6-1-5(2-7(13)3-6)9-15-11(20-16-9)10(19)14-4-8(17)18/h1-3H,4H2,(H,14,19)(H,17,18). The molecule has 0 spiro atoms. The molecule has 0 aliphatic rings. The van der Waals surface area contributed by atoms with Gasteiger partial charge in [0.2, 0.25) is 5.82 Å². The zero-order valence-electron chi connectivity index (χ0n) is 9.76. The van der Waals surface area contributed by atoms with Crippen molar-refractivity contribution in [3.8, 4) is 11.4 Å². The summed E-state index contributed by atoms with van der Waals surface area (Å²) in [6, 6.07) is 4.64. The van der Waals surface area contributed by atoms with E-state index in [0.717, 1.165) is 0 Å². The van der Waals surface area contributed by atoms with Crippen LogP contribution in [0, 0.1) is 0 Å². The molecule has 0 aliphatic heterocycles. The van der Waals surface area contributed by atoms with Crippen molar-refractivity contribution in [2.24, 2.45) is 0 Å². The number of halogens is 2. The van der Waals surface area contributed by atoms with Crippen LogP contribution in [-0.2, 0) is 4.79 Å². The number of amides is 1. The highest BCUT2D eigenvalue weighted by molar-refractivity contribution is 6.35. The summed E-state index contributed by atoms with van der Waals surface area (Å²) in [5.74, 6) is -2.19. The highest BCUT2D eigenvalue weighted by Gasteiger charge is 2.17. The SMILES string of the molecule is O=C(O)CNC(=O)c1nc(-c2cc(Cl)cc(Cl)c2)no1. The number of rotatable bonds is 4. The first-order chi connectivity index (χ1) is 9.45. The lowest BCUT2D eigenvalue weighted by Gasteiger charge is -1.97. The van der Waals surface area contributed by atoms with Gasteiger partial charge in [-0.2, -0.15) is 4.98 Å². The number of aliphatic carboxylic acids is 1. The lowest BCUT2D eigenvalue weighted by molar-refractivity contribution is -0.135. The molecule has 1 aromatic carbocycles. The van der Waals surface area contributed by atoms with Crippen molar-refractivity contribution in [2.45, 2.75) is 0 Å². The Labute approximate surface area is 122 Å². The minimum Gasteiger partial charge on any atom is -0.480 e. The molecule has 0 aliphatic carbocycles. The van der Waals surface area contributed by atoms with Crippen LogP contribution < -0.4 is 5.32 Å². The number of carbonyl (C=O) groups excluding carboxylic acids is 1. The molecule has 2 aromatic rings. The van der Waals surface area contributed by atoms with E-state index in [2.05, 4.69) is 15.5 Å². The number of nitrogens with one attached hydrogen (secondary N) is 1. The van der Waals surface area contributed by atoms with Gasteiger partial charge in [-0.1, -0.05) is 28.4 Å². The number of aromatic nitrogens is 2. The number of carbonyl (C=O) groups is 2. The maximum atomic E-state index is 11.5. The van der Waals surface area contributed by atoms with Crippen molar-refractivity contribution in [1.82, 2.24) is 15.5 Å². The molecule has 20 heavy (non-hydrogen) atoms. The summed E-state index contributed by atoms with van der Waals surface area (Å²) in [7, 11) is 0. The van der Waals surface area contributed by atoms with Crippen LogP contribution >= 0.6 is 23.2 Å². The van der Waals surface area contributed by atoms with E-state index in [1.165, 1.54) is 6.07 Å². The number of carboxylic acid groups (broad SMARTS) is 1. The molecule has 0 radical (unpaired) electrons. The first kappa shape index (κ1) is 14.3. The number of carboxylic acids is 1. The van der Waals surface area contributed by atoms with Gasteiger partial charge in [-0.05, 0) is 18.2 Å². The van der Waals surface area contributed by atoms with Crippen LogP contribution in [0.15, 0.2) is 22.7 Å². The molecule has 0 saturated heterocycles. The highest BCUT2D eigenvalue weighted by atomic mass is 35.5. The monoisotopic (exact) mass is 315 g/mol. The van der Waals surface area contributed by atoms with Crippen LogP contribution in [0.25, 0.3) is 11.4 Å². The molecule has 1 amide bonds. The summed E-state index contributed by atoms with van der Waals surface area (Å²) >= 11 is 11.7. The maximum absolute atomic E-state index is 11.5. The van der Waals surface area contributed by atoms with Gasteiger partial charge < -0.3 is 14.9 Å². The molecule has 9 heteroatoms. The summed E-state index contributed by atoms with van der Waals surface area (Å²) < 4.78 is 4.74. The second-order valence-electron chi connectivity index (χ2n) is 3.66. The quantitative estimate of drug-likeness (QED) is 0.892. The molecule has 0 bridgehead atoms. The summed E-state index contributed by atoms with van der Waals surface area (Å²) in [5, 5.41) is 14.9. The predicted molar refractivity (Wildman–Crippen MR) is 69.7 cm³/mol. The molecule has 104 valence electrons. The summed E-state index contributed by atoms with van der Waals surface area (Å²) in [6.45, 7) is -0.542.